The molecule has 1 aromatic heterocycles. The Kier molecular flexibility index (Phi) is 5.83. The Morgan fingerprint density at radius 3 is 3.08 bits per heavy atom. The number of benzene rings is 1. The predicted octanol–water partition coefficient (Wildman–Crippen LogP) is 3.24. The van der Waals surface area contributed by atoms with Gasteiger partial charge in [0.1, 0.15) is 0 Å². The maximum absolute atomic E-state index is 12.4. The Bertz CT molecular complexity index is 790. The molecule has 6 nitrogen and oxygen atoms in total. The lowest BCUT2D eigenvalue weighted by Gasteiger charge is -2.16. The first-order chi connectivity index (χ1) is 12.2. The minimum absolute atomic E-state index is 0.00861. The third-order valence-electron chi connectivity index (χ3n) is 3.68. The van der Waals surface area contributed by atoms with Gasteiger partial charge in [-0.25, -0.2) is 0 Å². The summed E-state index contributed by atoms with van der Waals surface area (Å²) in [6.45, 7) is 4.98. The van der Waals surface area contributed by atoms with Crippen molar-refractivity contribution in [2.45, 2.75) is 17.2 Å². The molecule has 2 aromatic rings. The van der Waals surface area contributed by atoms with Crippen molar-refractivity contribution in [2.24, 2.45) is 0 Å². The molecule has 2 heterocycles. The zero-order valence-corrected chi connectivity index (χ0v) is 15.2. The normalized spacial score (nSPS) is 13.9. The monoisotopic (exact) mass is 374 g/mol. The van der Waals surface area contributed by atoms with E-state index >= 15 is 0 Å². The summed E-state index contributed by atoms with van der Waals surface area (Å²) in [5, 5.41) is 11.8. The quantitative estimate of drug-likeness (QED) is 0.434. The van der Waals surface area contributed by atoms with Gasteiger partial charge in [-0.15, -0.1) is 16.8 Å². The van der Waals surface area contributed by atoms with Crippen LogP contribution in [0.2, 0.25) is 0 Å². The van der Waals surface area contributed by atoms with Crippen LogP contribution in [-0.2, 0) is 4.79 Å². The molecule has 1 amide bonds. The number of amides is 1. The number of nitrogens with one attached hydrogen (secondary N) is 1. The van der Waals surface area contributed by atoms with Crippen LogP contribution >= 0.6 is 23.1 Å². The van der Waals surface area contributed by atoms with Gasteiger partial charge in [-0.1, -0.05) is 41.3 Å². The molecular formula is C17H18N4O2S2. The van der Waals surface area contributed by atoms with E-state index in [1.165, 1.54) is 23.1 Å². The van der Waals surface area contributed by atoms with Gasteiger partial charge in [0.25, 0.3) is 0 Å². The molecule has 0 aliphatic carbocycles. The predicted molar refractivity (Wildman–Crippen MR) is 102 cm³/mol. The van der Waals surface area contributed by atoms with E-state index in [1.54, 1.807) is 23.1 Å². The maximum Gasteiger partial charge on any atom is 0.227 e. The van der Waals surface area contributed by atoms with Gasteiger partial charge in [0.2, 0.25) is 11.0 Å². The highest BCUT2D eigenvalue weighted by molar-refractivity contribution is 8.01. The number of hydrogen-bond donors (Lipinski definition) is 1. The van der Waals surface area contributed by atoms with Crippen LogP contribution in [0.5, 0.6) is 0 Å². The van der Waals surface area contributed by atoms with Gasteiger partial charge in [0.05, 0.1) is 5.75 Å². The number of aromatic nitrogens is 2. The van der Waals surface area contributed by atoms with Crippen molar-refractivity contribution in [2.75, 3.05) is 29.1 Å². The smallest absolute Gasteiger partial charge is 0.227 e. The maximum atomic E-state index is 12.4. The molecule has 8 heteroatoms. The SMILES string of the molecule is C=CCNc1nnc(SCC(=O)c2cccc(N3CCCC3=O)c2)s1. The second-order valence-corrected chi connectivity index (χ2v) is 7.65. The van der Waals surface area contributed by atoms with Crippen LogP contribution in [-0.4, -0.2) is 40.7 Å². The van der Waals surface area contributed by atoms with Crippen molar-refractivity contribution in [3.63, 3.8) is 0 Å². The number of ketones is 1. The van der Waals surface area contributed by atoms with Gasteiger partial charge in [0, 0.05) is 30.8 Å². The molecule has 1 N–H and O–H groups in total. The molecular weight excluding hydrogens is 356 g/mol. The Hall–Kier alpha value is -2.19. The molecule has 0 unspecified atom stereocenters. The lowest BCUT2D eigenvalue weighted by Crippen LogP contribution is -2.23. The topological polar surface area (TPSA) is 75.2 Å². The fraction of sp³-hybridized carbons (Fsp3) is 0.294. The second kappa shape index (κ2) is 8.26. The van der Waals surface area contributed by atoms with Crippen LogP contribution < -0.4 is 10.2 Å². The highest BCUT2D eigenvalue weighted by atomic mass is 32.2. The van der Waals surface area contributed by atoms with Crippen molar-refractivity contribution in [3.05, 3.63) is 42.5 Å². The lowest BCUT2D eigenvalue weighted by atomic mass is 10.1. The van der Waals surface area contributed by atoms with E-state index in [0.717, 1.165) is 23.0 Å². The largest absolute Gasteiger partial charge is 0.357 e. The van der Waals surface area contributed by atoms with E-state index in [2.05, 4.69) is 22.1 Å². The van der Waals surface area contributed by atoms with Crippen LogP contribution in [0.1, 0.15) is 23.2 Å². The highest BCUT2D eigenvalue weighted by Gasteiger charge is 2.22. The van der Waals surface area contributed by atoms with Gasteiger partial charge in [-0.05, 0) is 18.6 Å². The van der Waals surface area contributed by atoms with Crippen LogP contribution in [0.25, 0.3) is 0 Å². The van der Waals surface area contributed by atoms with E-state index in [1.807, 2.05) is 12.1 Å². The van der Waals surface area contributed by atoms with Crippen molar-refractivity contribution in [1.82, 2.24) is 10.2 Å². The molecule has 1 saturated heterocycles. The van der Waals surface area contributed by atoms with Crippen molar-refractivity contribution < 1.29 is 9.59 Å². The van der Waals surface area contributed by atoms with Crippen LogP contribution in [0.3, 0.4) is 0 Å². The lowest BCUT2D eigenvalue weighted by molar-refractivity contribution is -0.117. The van der Waals surface area contributed by atoms with Crippen LogP contribution in [0.4, 0.5) is 10.8 Å². The molecule has 130 valence electrons. The average molecular weight is 374 g/mol. The van der Waals surface area contributed by atoms with E-state index in [9.17, 15) is 9.59 Å². The molecule has 0 radical (unpaired) electrons. The fourth-order valence-electron chi connectivity index (χ4n) is 2.48. The Morgan fingerprint density at radius 1 is 1.44 bits per heavy atom. The number of hydrogen-bond acceptors (Lipinski definition) is 7. The first kappa shape index (κ1) is 17.6. The van der Waals surface area contributed by atoms with E-state index in [4.69, 9.17) is 0 Å². The van der Waals surface area contributed by atoms with Gasteiger partial charge in [0.15, 0.2) is 10.1 Å². The molecule has 0 atom stereocenters. The molecule has 3 rings (SSSR count). The molecule has 1 aliphatic rings. The molecule has 25 heavy (non-hydrogen) atoms. The molecule has 0 saturated carbocycles. The number of nitrogens with zero attached hydrogens (tertiary/aromatic N) is 3. The molecule has 1 aromatic carbocycles. The third-order valence-corrected chi connectivity index (χ3v) is 5.70. The first-order valence-corrected chi connectivity index (χ1v) is 9.72. The summed E-state index contributed by atoms with van der Waals surface area (Å²) in [6, 6.07) is 7.27. The number of anilines is 2. The average Bonchev–Trinajstić information content (AvgIpc) is 3.26. The van der Waals surface area contributed by atoms with Crippen molar-refractivity contribution >= 4 is 45.6 Å². The van der Waals surface area contributed by atoms with Crippen LogP contribution in [0.15, 0.2) is 41.3 Å². The Morgan fingerprint density at radius 2 is 2.32 bits per heavy atom. The minimum atomic E-state index is 0.00861. The number of rotatable bonds is 8. The number of thioether (sulfide) groups is 1. The molecule has 0 spiro atoms. The summed E-state index contributed by atoms with van der Waals surface area (Å²) in [4.78, 5) is 26.0. The number of carbonyl (C=O) groups is 2. The fourth-order valence-corrected chi connectivity index (χ4v) is 4.13. The van der Waals surface area contributed by atoms with E-state index in [0.29, 0.717) is 23.7 Å². The standard InChI is InChI=1S/C17H18N4O2S2/c1-2-8-18-16-19-20-17(25-16)24-11-14(22)12-5-3-6-13(10-12)21-9-4-7-15(21)23/h2-3,5-6,10H,1,4,7-9,11H2,(H,18,19). The van der Waals surface area contributed by atoms with Crippen molar-refractivity contribution in [3.8, 4) is 0 Å². The van der Waals surface area contributed by atoms with Crippen LogP contribution in [0, 0.1) is 0 Å². The highest BCUT2D eigenvalue weighted by Crippen LogP contribution is 2.27. The number of carbonyl (C=O) groups excluding carboxylic acids is 2. The Labute approximate surface area is 154 Å². The van der Waals surface area contributed by atoms with Crippen molar-refractivity contribution in [1.29, 1.82) is 0 Å². The summed E-state index contributed by atoms with van der Waals surface area (Å²) >= 11 is 2.78. The molecule has 1 fully saturated rings. The summed E-state index contributed by atoms with van der Waals surface area (Å²) < 4.78 is 0.741. The second-order valence-electron chi connectivity index (χ2n) is 5.45. The van der Waals surface area contributed by atoms with Gasteiger partial charge in [-0.2, -0.15) is 0 Å². The summed E-state index contributed by atoms with van der Waals surface area (Å²) in [6.07, 6.45) is 3.19. The summed E-state index contributed by atoms with van der Waals surface area (Å²) in [7, 11) is 0. The minimum Gasteiger partial charge on any atom is -0.357 e. The zero-order chi connectivity index (χ0) is 17.6. The van der Waals surface area contributed by atoms with Gasteiger partial charge >= 0.3 is 0 Å². The molecule has 0 bridgehead atoms. The summed E-state index contributed by atoms with van der Waals surface area (Å²) in [5.74, 6) is 0.412. The first-order valence-electron chi connectivity index (χ1n) is 7.92. The van der Waals surface area contributed by atoms with Gasteiger partial charge < -0.3 is 10.2 Å². The third kappa shape index (κ3) is 4.46. The zero-order valence-electron chi connectivity index (χ0n) is 13.6. The Balaban J connectivity index is 1.60. The molecule has 1 aliphatic heterocycles. The van der Waals surface area contributed by atoms with E-state index in [-0.39, 0.29) is 17.4 Å². The van der Waals surface area contributed by atoms with E-state index < -0.39 is 0 Å². The summed E-state index contributed by atoms with van der Waals surface area (Å²) in [5.41, 5.74) is 1.41. The number of Topliss-reactive ketones (excluding diaryl/α,β-unsaturated/α-hetero) is 1. The van der Waals surface area contributed by atoms with Gasteiger partial charge in [-0.3, -0.25) is 9.59 Å².